The molecule has 0 aromatic carbocycles. The van der Waals surface area contributed by atoms with Crippen molar-refractivity contribution in [2.24, 2.45) is 0 Å². The first kappa shape index (κ1) is 12.3. The van der Waals surface area contributed by atoms with Crippen LogP contribution >= 0.6 is 0 Å². The Morgan fingerprint density at radius 1 is 1.21 bits per heavy atom. The number of aromatic nitrogens is 4. The minimum absolute atomic E-state index is 0.441. The van der Waals surface area contributed by atoms with E-state index in [-0.39, 0.29) is 0 Å². The molecule has 0 unspecified atom stereocenters. The molecule has 1 atom stereocenters. The highest BCUT2D eigenvalue weighted by Crippen LogP contribution is 2.18. The maximum Gasteiger partial charge on any atom is 0.240 e. The first-order valence-electron chi connectivity index (χ1n) is 6.55. The van der Waals surface area contributed by atoms with Gasteiger partial charge in [0.2, 0.25) is 11.8 Å². The molecular formula is C12H17N5O2. The van der Waals surface area contributed by atoms with E-state index in [1.165, 1.54) is 12.8 Å². The second-order valence-corrected chi connectivity index (χ2v) is 4.97. The Hall–Kier alpha value is -1.76. The fourth-order valence-corrected chi connectivity index (χ4v) is 2.38. The zero-order valence-corrected chi connectivity index (χ0v) is 11.2. The van der Waals surface area contributed by atoms with Gasteiger partial charge < -0.3 is 9.05 Å². The van der Waals surface area contributed by atoms with Crippen LogP contribution in [0.3, 0.4) is 0 Å². The predicted octanol–water partition coefficient (Wildman–Crippen LogP) is 1.34. The minimum Gasteiger partial charge on any atom is -0.340 e. The normalized spacial score (nSPS) is 20.2. The molecule has 19 heavy (non-hydrogen) atoms. The van der Waals surface area contributed by atoms with Crippen LogP contribution < -0.4 is 0 Å². The maximum absolute atomic E-state index is 5.26. The van der Waals surface area contributed by atoms with Gasteiger partial charge in [-0.25, -0.2) is 0 Å². The average Bonchev–Trinajstić information content (AvgIpc) is 3.06. The van der Waals surface area contributed by atoms with Crippen molar-refractivity contribution in [2.75, 3.05) is 6.54 Å². The van der Waals surface area contributed by atoms with E-state index >= 15 is 0 Å². The molecule has 1 fully saturated rings. The Bertz CT molecular complexity index is 550. The van der Waals surface area contributed by atoms with E-state index in [2.05, 4.69) is 32.1 Å². The lowest BCUT2D eigenvalue weighted by molar-refractivity contribution is 0.221. The van der Waals surface area contributed by atoms with Crippen molar-refractivity contribution in [2.45, 2.75) is 45.7 Å². The predicted molar refractivity (Wildman–Crippen MR) is 65.2 cm³/mol. The SMILES string of the molecule is Cc1nc(Cc2noc(CN3CCC[C@@H]3C)n2)no1. The molecule has 0 aliphatic carbocycles. The number of hydrogen-bond donors (Lipinski definition) is 0. The molecular weight excluding hydrogens is 246 g/mol. The molecule has 0 amide bonds. The van der Waals surface area contributed by atoms with Gasteiger partial charge >= 0.3 is 0 Å². The zero-order chi connectivity index (χ0) is 13.2. The first-order chi connectivity index (χ1) is 9.20. The third kappa shape index (κ3) is 2.81. The van der Waals surface area contributed by atoms with Crippen LogP contribution in [-0.4, -0.2) is 37.8 Å². The quantitative estimate of drug-likeness (QED) is 0.823. The van der Waals surface area contributed by atoms with Gasteiger partial charge in [0.15, 0.2) is 11.6 Å². The third-order valence-corrected chi connectivity index (χ3v) is 3.42. The largest absolute Gasteiger partial charge is 0.340 e. The molecule has 1 saturated heterocycles. The first-order valence-corrected chi connectivity index (χ1v) is 6.55. The lowest BCUT2D eigenvalue weighted by Crippen LogP contribution is -2.26. The van der Waals surface area contributed by atoms with Crippen LogP contribution in [0.4, 0.5) is 0 Å². The fraction of sp³-hybridized carbons (Fsp3) is 0.667. The molecule has 3 rings (SSSR count). The van der Waals surface area contributed by atoms with Crippen molar-refractivity contribution in [3.63, 3.8) is 0 Å². The molecule has 1 aliphatic heterocycles. The lowest BCUT2D eigenvalue weighted by Gasteiger charge is -2.17. The molecule has 1 aliphatic rings. The smallest absolute Gasteiger partial charge is 0.240 e. The molecule has 0 spiro atoms. The third-order valence-electron chi connectivity index (χ3n) is 3.42. The van der Waals surface area contributed by atoms with Crippen LogP contribution in [-0.2, 0) is 13.0 Å². The standard InChI is InChI=1S/C12H17N5O2/c1-8-4-3-5-17(8)7-12-14-11(16-19-12)6-10-13-9(2)18-15-10/h8H,3-7H2,1-2H3/t8-/m0/s1. The maximum atomic E-state index is 5.26. The summed E-state index contributed by atoms with van der Waals surface area (Å²) in [5.41, 5.74) is 0. The van der Waals surface area contributed by atoms with Crippen molar-refractivity contribution in [3.05, 3.63) is 23.4 Å². The van der Waals surface area contributed by atoms with E-state index in [9.17, 15) is 0 Å². The van der Waals surface area contributed by atoms with Gasteiger partial charge in [-0.15, -0.1) is 0 Å². The summed E-state index contributed by atoms with van der Waals surface area (Å²) in [7, 11) is 0. The highest BCUT2D eigenvalue weighted by Gasteiger charge is 2.22. The van der Waals surface area contributed by atoms with E-state index in [1.807, 2.05) is 0 Å². The van der Waals surface area contributed by atoms with E-state index < -0.39 is 0 Å². The van der Waals surface area contributed by atoms with E-state index in [0.717, 1.165) is 13.1 Å². The Labute approximate surface area is 111 Å². The van der Waals surface area contributed by atoms with Crippen molar-refractivity contribution in [1.82, 2.24) is 25.2 Å². The monoisotopic (exact) mass is 263 g/mol. The van der Waals surface area contributed by atoms with Gasteiger partial charge in [0.05, 0.1) is 13.0 Å². The average molecular weight is 263 g/mol. The summed E-state index contributed by atoms with van der Waals surface area (Å²) in [4.78, 5) is 10.8. The van der Waals surface area contributed by atoms with Crippen LogP contribution in [0.15, 0.2) is 9.05 Å². The minimum atomic E-state index is 0.441. The molecule has 0 radical (unpaired) electrons. The second-order valence-electron chi connectivity index (χ2n) is 4.97. The van der Waals surface area contributed by atoms with Crippen molar-refractivity contribution in [1.29, 1.82) is 0 Å². The van der Waals surface area contributed by atoms with Crippen LogP contribution in [0.5, 0.6) is 0 Å². The van der Waals surface area contributed by atoms with Crippen molar-refractivity contribution in [3.8, 4) is 0 Å². The summed E-state index contributed by atoms with van der Waals surface area (Å²) in [5.74, 6) is 2.38. The van der Waals surface area contributed by atoms with Gasteiger partial charge in [0, 0.05) is 13.0 Å². The summed E-state index contributed by atoms with van der Waals surface area (Å²) >= 11 is 0. The topological polar surface area (TPSA) is 81.1 Å². The second kappa shape index (κ2) is 5.08. The molecule has 102 valence electrons. The molecule has 7 heteroatoms. The number of likely N-dealkylation sites (tertiary alicyclic amines) is 1. The van der Waals surface area contributed by atoms with Crippen LogP contribution in [0.2, 0.25) is 0 Å². The summed E-state index contributed by atoms with van der Waals surface area (Å²) in [6.45, 7) is 5.81. The number of rotatable bonds is 4. The summed E-state index contributed by atoms with van der Waals surface area (Å²) < 4.78 is 10.2. The highest BCUT2D eigenvalue weighted by molar-refractivity contribution is 4.98. The Balaban J connectivity index is 1.63. The van der Waals surface area contributed by atoms with Crippen molar-refractivity contribution < 1.29 is 9.05 Å². The van der Waals surface area contributed by atoms with Gasteiger partial charge in [-0.1, -0.05) is 10.3 Å². The Morgan fingerprint density at radius 2 is 2.00 bits per heavy atom. The van der Waals surface area contributed by atoms with Gasteiger partial charge in [0.25, 0.3) is 0 Å². The van der Waals surface area contributed by atoms with Crippen molar-refractivity contribution >= 4 is 0 Å². The number of hydrogen-bond acceptors (Lipinski definition) is 7. The summed E-state index contributed by atoms with van der Waals surface area (Å²) in [5, 5.41) is 7.77. The zero-order valence-electron chi connectivity index (χ0n) is 11.2. The highest BCUT2D eigenvalue weighted by atomic mass is 16.5. The molecule has 0 bridgehead atoms. The van der Waals surface area contributed by atoms with Crippen LogP contribution in [0.1, 0.15) is 43.2 Å². The van der Waals surface area contributed by atoms with Gasteiger partial charge in [-0.2, -0.15) is 9.97 Å². The molecule has 0 saturated carbocycles. The van der Waals surface area contributed by atoms with E-state index in [1.54, 1.807) is 6.92 Å². The lowest BCUT2D eigenvalue weighted by atomic mass is 10.2. The van der Waals surface area contributed by atoms with E-state index in [4.69, 9.17) is 9.05 Å². The van der Waals surface area contributed by atoms with Gasteiger partial charge in [-0.05, 0) is 26.3 Å². The van der Waals surface area contributed by atoms with E-state index in [0.29, 0.717) is 35.9 Å². The van der Waals surface area contributed by atoms with Gasteiger partial charge in [0.1, 0.15) is 0 Å². The Kier molecular flexibility index (Phi) is 3.29. The molecule has 0 N–H and O–H groups in total. The van der Waals surface area contributed by atoms with Gasteiger partial charge in [-0.3, -0.25) is 4.90 Å². The number of nitrogens with zero attached hydrogens (tertiary/aromatic N) is 5. The Morgan fingerprint density at radius 3 is 2.68 bits per heavy atom. The molecule has 7 nitrogen and oxygen atoms in total. The molecule has 2 aromatic rings. The van der Waals surface area contributed by atoms with Crippen LogP contribution in [0.25, 0.3) is 0 Å². The summed E-state index contributed by atoms with van der Waals surface area (Å²) in [6.07, 6.45) is 2.92. The number of aryl methyl sites for hydroxylation is 1. The summed E-state index contributed by atoms with van der Waals surface area (Å²) in [6, 6.07) is 0.593. The molecule has 2 aromatic heterocycles. The molecule has 3 heterocycles. The fourth-order valence-electron chi connectivity index (χ4n) is 2.38. The van der Waals surface area contributed by atoms with Crippen LogP contribution in [0, 0.1) is 6.92 Å².